The second-order valence-corrected chi connectivity index (χ2v) is 5.03. The molecule has 0 bridgehead atoms. The van der Waals surface area contributed by atoms with E-state index in [0.29, 0.717) is 12.0 Å². The molecule has 1 rings (SSSR count). The monoisotopic (exact) mass is 321 g/mol. The number of nitrogens with one attached hydrogen (secondary N) is 1. The molecule has 0 spiro atoms. The Morgan fingerprint density at radius 3 is 2.17 bits per heavy atom. The van der Waals surface area contributed by atoms with Gasteiger partial charge in [0.2, 0.25) is 5.91 Å². The summed E-state index contributed by atoms with van der Waals surface area (Å²) in [6.07, 6.45) is -0.0341. The van der Waals surface area contributed by atoms with Crippen LogP contribution in [0.2, 0.25) is 0 Å². The molecule has 1 aromatic carbocycles. The van der Waals surface area contributed by atoms with Crippen molar-refractivity contribution in [3.8, 4) is 0 Å². The Hall–Kier alpha value is -2.70. The summed E-state index contributed by atoms with van der Waals surface area (Å²) in [4.78, 5) is 44.9. The average Bonchev–Trinajstić information content (AvgIpc) is 2.51. The van der Waals surface area contributed by atoms with Gasteiger partial charge in [-0.1, -0.05) is 30.3 Å². The highest BCUT2D eigenvalue weighted by Gasteiger charge is 2.20. The zero-order chi connectivity index (χ0) is 17.2. The first kappa shape index (κ1) is 18.3. The quantitative estimate of drug-likeness (QED) is 0.561. The summed E-state index contributed by atoms with van der Waals surface area (Å²) < 4.78 is 0. The molecule has 0 aliphatic rings. The lowest BCUT2D eigenvalue weighted by Crippen LogP contribution is -2.41. The SMILES string of the molecule is O=C(O)CC[C@H](NC(=O)CCCC(=O)c1ccccc1)C(=O)O. The van der Waals surface area contributed by atoms with Gasteiger partial charge < -0.3 is 15.5 Å². The molecule has 0 fully saturated rings. The minimum atomic E-state index is -1.28. The Morgan fingerprint density at radius 2 is 1.61 bits per heavy atom. The molecule has 0 radical (unpaired) electrons. The fourth-order valence-electron chi connectivity index (χ4n) is 1.97. The molecule has 0 unspecified atom stereocenters. The lowest BCUT2D eigenvalue weighted by molar-refractivity contribution is -0.143. The molecule has 1 amide bonds. The van der Waals surface area contributed by atoms with Crippen LogP contribution in [0.4, 0.5) is 0 Å². The van der Waals surface area contributed by atoms with E-state index < -0.39 is 23.9 Å². The van der Waals surface area contributed by atoms with Crippen molar-refractivity contribution in [1.29, 1.82) is 0 Å². The van der Waals surface area contributed by atoms with E-state index in [1.165, 1.54) is 0 Å². The molecule has 0 heterocycles. The van der Waals surface area contributed by atoms with Crippen molar-refractivity contribution in [1.82, 2.24) is 5.32 Å². The Balaban J connectivity index is 2.36. The molecular weight excluding hydrogens is 302 g/mol. The van der Waals surface area contributed by atoms with Crippen molar-refractivity contribution in [3.63, 3.8) is 0 Å². The first-order valence-electron chi connectivity index (χ1n) is 7.22. The van der Waals surface area contributed by atoms with Crippen molar-refractivity contribution in [3.05, 3.63) is 35.9 Å². The number of carboxylic acids is 2. The smallest absolute Gasteiger partial charge is 0.326 e. The van der Waals surface area contributed by atoms with Gasteiger partial charge in [0.1, 0.15) is 6.04 Å². The van der Waals surface area contributed by atoms with E-state index in [4.69, 9.17) is 10.2 Å². The van der Waals surface area contributed by atoms with E-state index >= 15 is 0 Å². The summed E-state index contributed by atoms with van der Waals surface area (Å²) >= 11 is 0. The summed E-state index contributed by atoms with van der Waals surface area (Å²) in [5, 5.41) is 19.8. The Morgan fingerprint density at radius 1 is 0.957 bits per heavy atom. The van der Waals surface area contributed by atoms with Crippen LogP contribution in [0.3, 0.4) is 0 Å². The summed E-state index contributed by atoms with van der Waals surface area (Å²) in [6.45, 7) is 0. The number of Topliss-reactive ketones (excluding diaryl/α,β-unsaturated/α-hetero) is 1. The van der Waals surface area contributed by atoms with Crippen LogP contribution in [0, 0.1) is 0 Å². The maximum absolute atomic E-state index is 11.8. The summed E-state index contributed by atoms with van der Waals surface area (Å²) in [5.74, 6) is -3.00. The van der Waals surface area contributed by atoms with Crippen molar-refractivity contribution in [2.75, 3.05) is 0 Å². The molecule has 124 valence electrons. The number of carbonyl (C=O) groups excluding carboxylic acids is 2. The zero-order valence-corrected chi connectivity index (χ0v) is 12.5. The van der Waals surface area contributed by atoms with Crippen molar-refractivity contribution in [2.24, 2.45) is 0 Å². The van der Waals surface area contributed by atoms with Crippen LogP contribution in [0.15, 0.2) is 30.3 Å². The van der Waals surface area contributed by atoms with Crippen LogP contribution >= 0.6 is 0 Å². The lowest BCUT2D eigenvalue weighted by atomic mass is 10.1. The van der Waals surface area contributed by atoms with Gasteiger partial charge in [-0.05, 0) is 12.8 Å². The van der Waals surface area contributed by atoms with E-state index in [1.807, 2.05) is 0 Å². The van der Waals surface area contributed by atoms with Gasteiger partial charge in [0.25, 0.3) is 0 Å². The molecule has 7 nitrogen and oxygen atoms in total. The molecule has 0 aliphatic heterocycles. The number of hydrogen-bond donors (Lipinski definition) is 3. The predicted molar refractivity (Wildman–Crippen MR) is 81.1 cm³/mol. The Bertz CT molecular complexity index is 569. The highest BCUT2D eigenvalue weighted by Crippen LogP contribution is 2.07. The predicted octanol–water partition coefficient (Wildman–Crippen LogP) is 1.47. The van der Waals surface area contributed by atoms with E-state index in [2.05, 4.69) is 5.32 Å². The van der Waals surface area contributed by atoms with Crippen LogP contribution < -0.4 is 5.32 Å². The maximum atomic E-state index is 11.8. The van der Waals surface area contributed by atoms with Crippen LogP contribution in [0.25, 0.3) is 0 Å². The Labute approximate surface area is 133 Å². The molecule has 0 saturated heterocycles. The molecule has 1 aromatic rings. The van der Waals surface area contributed by atoms with Crippen LogP contribution in [-0.4, -0.2) is 39.9 Å². The zero-order valence-electron chi connectivity index (χ0n) is 12.5. The minimum absolute atomic E-state index is 0.00935. The highest BCUT2D eigenvalue weighted by molar-refractivity contribution is 5.96. The third-order valence-electron chi connectivity index (χ3n) is 3.18. The van der Waals surface area contributed by atoms with E-state index in [1.54, 1.807) is 30.3 Å². The number of ketones is 1. The number of amides is 1. The van der Waals surface area contributed by atoms with Crippen molar-refractivity contribution >= 4 is 23.6 Å². The van der Waals surface area contributed by atoms with E-state index in [0.717, 1.165) is 0 Å². The van der Waals surface area contributed by atoms with Gasteiger partial charge in [0.15, 0.2) is 5.78 Å². The normalized spacial score (nSPS) is 11.5. The number of rotatable bonds is 10. The van der Waals surface area contributed by atoms with Gasteiger partial charge in [0.05, 0.1) is 0 Å². The molecule has 3 N–H and O–H groups in total. The molecule has 1 atom stereocenters. The number of carbonyl (C=O) groups is 4. The second kappa shape index (κ2) is 9.34. The average molecular weight is 321 g/mol. The standard InChI is InChI=1S/C16H19NO6/c18-13(11-5-2-1-3-6-11)7-4-8-14(19)17-12(16(22)23)9-10-15(20)21/h1-3,5-6,12H,4,7-10H2,(H,17,19)(H,20,21)(H,22,23)/t12-/m0/s1. The highest BCUT2D eigenvalue weighted by atomic mass is 16.4. The largest absolute Gasteiger partial charge is 0.481 e. The summed E-state index contributed by atoms with van der Waals surface area (Å²) in [5.41, 5.74) is 0.567. The van der Waals surface area contributed by atoms with Crippen LogP contribution in [-0.2, 0) is 14.4 Å². The van der Waals surface area contributed by atoms with Crippen LogP contribution in [0.5, 0.6) is 0 Å². The van der Waals surface area contributed by atoms with Gasteiger partial charge >= 0.3 is 11.9 Å². The molecule has 0 aliphatic carbocycles. The molecule has 0 saturated carbocycles. The number of carboxylic acid groups (broad SMARTS) is 2. The third-order valence-corrected chi connectivity index (χ3v) is 3.18. The van der Waals surface area contributed by atoms with E-state index in [-0.39, 0.29) is 31.5 Å². The number of aliphatic carboxylic acids is 2. The molecule has 0 aromatic heterocycles. The van der Waals surface area contributed by atoms with Gasteiger partial charge in [-0.15, -0.1) is 0 Å². The molecule has 23 heavy (non-hydrogen) atoms. The topological polar surface area (TPSA) is 121 Å². The fourth-order valence-corrected chi connectivity index (χ4v) is 1.97. The van der Waals surface area contributed by atoms with Gasteiger partial charge in [-0.2, -0.15) is 0 Å². The van der Waals surface area contributed by atoms with Crippen molar-refractivity contribution in [2.45, 2.75) is 38.1 Å². The van der Waals surface area contributed by atoms with Gasteiger partial charge in [-0.25, -0.2) is 4.79 Å². The Kier molecular flexibility index (Phi) is 7.45. The maximum Gasteiger partial charge on any atom is 0.326 e. The summed E-state index contributed by atoms with van der Waals surface area (Å²) in [7, 11) is 0. The first-order valence-corrected chi connectivity index (χ1v) is 7.22. The fraction of sp³-hybridized carbons (Fsp3) is 0.375. The second-order valence-electron chi connectivity index (χ2n) is 5.03. The van der Waals surface area contributed by atoms with Gasteiger partial charge in [-0.3, -0.25) is 14.4 Å². The van der Waals surface area contributed by atoms with Gasteiger partial charge in [0, 0.05) is 24.8 Å². The third kappa shape index (κ3) is 7.21. The molecule has 7 heteroatoms. The number of benzene rings is 1. The van der Waals surface area contributed by atoms with Crippen LogP contribution in [0.1, 0.15) is 42.5 Å². The van der Waals surface area contributed by atoms with E-state index in [9.17, 15) is 19.2 Å². The first-order chi connectivity index (χ1) is 10.9. The lowest BCUT2D eigenvalue weighted by Gasteiger charge is -2.13. The molecular formula is C16H19NO6. The summed E-state index contributed by atoms with van der Waals surface area (Å²) in [6, 6.07) is 7.44. The minimum Gasteiger partial charge on any atom is -0.481 e. The van der Waals surface area contributed by atoms with Crippen molar-refractivity contribution < 1.29 is 29.4 Å². The number of hydrogen-bond acceptors (Lipinski definition) is 4.